The van der Waals surface area contributed by atoms with E-state index < -0.39 is 24.5 Å². The van der Waals surface area contributed by atoms with E-state index in [-0.39, 0.29) is 5.82 Å². The van der Waals surface area contributed by atoms with Crippen LogP contribution in [0.4, 0.5) is 5.82 Å². The summed E-state index contributed by atoms with van der Waals surface area (Å²) in [5.74, 6) is 0.250. The van der Waals surface area contributed by atoms with Gasteiger partial charge in [-0.2, -0.15) is 0 Å². The molecule has 1 aliphatic rings. The van der Waals surface area contributed by atoms with E-state index in [0.717, 1.165) is 6.54 Å². The molecule has 0 spiro atoms. The molecule has 4 unspecified atom stereocenters. The number of nitrogen functional groups attached to an aromatic ring is 1. The molecule has 1 aliphatic heterocycles. The lowest BCUT2D eigenvalue weighted by molar-refractivity contribution is -0.0341. The van der Waals surface area contributed by atoms with Gasteiger partial charge >= 0.3 is 0 Å². The Morgan fingerprint density at radius 1 is 1.03 bits per heavy atom. The molecule has 10 nitrogen and oxygen atoms in total. The molecule has 3 aromatic heterocycles. The van der Waals surface area contributed by atoms with Crippen LogP contribution >= 0.6 is 0 Å². The number of nitrogens with two attached hydrogens (primary N) is 1. The number of aliphatic hydroxyl groups excluding tert-OH is 2. The molecule has 0 amide bonds. The van der Waals surface area contributed by atoms with Gasteiger partial charge in [0, 0.05) is 41.4 Å². The molecule has 0 aliphatic carbocycles. The molecular weight excluding hydrogens is 446 g/mol. The lowest BCUT2D eigenvalue weighted by atomic mass is 10.1. The first-order valence-electron chi connectivity index (χ1n) is 11.7. The fourth-order valence-corrected chi connectivity index (χ4v) is 5.14. The summed E-state index contributed by atoms with van der Waals surface area (Å²) >= 11 is 0. The maximum absolute atomic E-state index is 10.7. The minimum absolute atomic E-state index is 0.250. The number of benzene rings is 2. The minimum Gasteiger partial charge on any atom is -0.387 e. The van der Waals surface area contributed by atoms with Crippen molar-refractivity contribution < 1.29 is 14.9 Å². The Hall–Kier alpha value is -3.57. The van der Waals surface area contributed by atoms with E-state index in [1.54, 1.807) is 4.57 Å². The van der Waals surface area contributed by atoms with E-state index >= 15 is 0 Å². The zero-order chi connectivity index (χ0) is 24.1. The lowest BCUT2D eigenvalue weighted by Crippen LogP contribution is -2.38. The van der Waals surface area contributed by atoms with Crippen LogP contribution in [0.15, 0.2) is 55.1 Å². The normalized spacial score (nSPS) is 22.6. The quantitative estimate of drug-likeness (QED) is 0.274. The molecule has 10 heteroatoms. The van der Waals surface area contributed by atoms with E-state index in [0.29, 0.717) is 24.3 Å². The van der Waals surface area contributed by atoms with Crippen molar-refractivity contribution in [2.24, 2.45) is 0 Å². The van der Waals surface area contributed by atoms with Gasteiger partial charge in [0.05, 0.1) is 6.33 Å². The molecule has 180 valence electrons. The molecule has 4 atom stereocenters. The second-order valence-corrected chi connectivity index (χ2v) is 8.97. The van der Waals surface area contributed by atoms with Crippen LogP contribution in [0.25, 0.3) is 33.0 Å². The number of anilines is 1. The molecule has 4 heterocycles. The molecule has 35 heavy (non-hydrogen) atoms. The third kappa shape index (κ3) is 3.53. The van der Waals surface area contributed by atoms with Gasteiger partial charge in [0.1, 0.15) is 30.2 Å². The third-order valence-corrected chi connectivity index (χ3v) is 6.86. The second kappa shape index (κ2) is 8.58. The Kier molecular flexibility index (Phi) is 5.37. The molecule has 2 aromatic carbocycles. The Bertz CT molecular complexity index is 1530. The first kappa shape index (κ1) is 21.9. The summed E-state index contributed by atoms with van der Waals surface area (Å²) in [6.07, 6.45) is -0.765. The third-order valence-electron chi connectivity index (χ3n) is 6.86. The average Bonchev–Trinajstić information content (AvgIpc) is 3.51. The van der Waals surface area contributed by atoms with Crippen molar-refractivity contribution in [3.63, 3.8) is 0 Å². The standard InChI is InChI=1S/C25H27N7O3/c1-14-5-4-8-17-19(14)15-6-2-3-7-16(15)31(17)10-9-27-11-18-21(33)22(34)25(35-18)32-13-30-20-23(26)28-12-29-24(20)32/h2-8,12-13,18,21-22,25,27,33-34H,9-11H2,1H3,(H2,26,28,29). The predicted molar refractivity (Wildman–Crippen MR) is 133 cm³/mol. The van der Waals surface area contributed by atoms with Gasteiger partial charge < -0.3 is 30.6 Å². The van der Waals surface area contributed by atoms with Gasteiger partial charge in [-0.3, -0.25) is 4.57 Å². The van der Waals surface area contributed by atoms with E-state index in [9.17, 15) is 10.2 Å². The number of hydrogen-bond donors (Lipinski definition) is 4. The largest absolute Gasteiger partial charge is 0.387 e. The fraction of sp³-hybridized carbons (Fsp3) is 0.320. The SMILES string of the molecule is Cc1cccc2c1c1ccccc1n2CCNCC1OC(n2cnc3c(N)ncnc32)C(O)C1O. The van der Waals surface area contributed by atoms with Crippen LogP contribution < -0.4 is 11.1 Å². The van der Waals surface area contributed by atoms with E-state index in [1.165, 1.54) is 40.0 Å². The van der Waals surface area contributed by atoms with Gasteiger partial charge in [-0.25, -0.2) is 15.0 Å². The Morgan fingerprint density at radius 3 is 2.74 bits per heavy atom. The summed E-state index contributed by atoms with van der Waals surface area (Å²) in [4.78, 5) is 12.4. The highest BCUT2D eigenvalue weighted by atomic mass is 16.6. The zero-order valence-corrected chi connectivity index (χ0v) is 19.2. The first-order valence-corrected chi connectivity index (χ1v) is 11.7. The topological polar surface area (TPSA) is 136 Å². The Labute approximate surface area is 201 Å². The van der Waals surface area contributed by atoms with Crippen LogP contribution in [0.5, 0.6) is 0 Å². The van der Waals surface area contributed by atoms with Crippen molar-refractivity contribution in [2.45, 2.75) is 38.0 Å². The monoisotopic (exact) mass is 473 g/mol. The number of nitrogens with one attached hydrogen (secondary N) is 1. The number of imidazole rings is 1. The number of fused-ring (bicyclic) bond motifs is 4. The first-order chi connectivity index (χ1) is 17.0. The highest BCUT2D eigenvalue weighted by Crippen LogP contribution is 2.32. The molecule has 5 N–H and O–H groups in total. The molecule has 5 aromatic rings. The number of hydrogen-bond acceptors (Lipinski definition) is 8. The van der Waals surface area contributed by atoms with Gasteiger partial charge in [0.25, 0.3) is 0 Å². The van der Waals surface area contributed by atoms with Crippen molar-refractivity contribution in [3.05, 3.63) is 60.7 Å². The van der Waals surface area contributed by atoms with Crippen LogP contribution in [-0.4, -0.2) is 65.7 Å². The summed E-state index contributed by atoms with van der Waals surface area (Å²) < 4.78 is 9.92. The van der Waals surface area contributed by atoms with Crippen molar-refractivity contribution in [2.75, 3.05) is 18.8 Å². The van der Waals surface area contributed by atoms with E-state index in [2.05, 4.69) is 74.2 Å². The summed E-state index contributed by atoms with van der Waals surface area (Å²) in [6, 6.07) is 14.8. The molecule has 0 radical (unpaired) electrons. The van der Waals surface area contributed by atoms with E-state index in [1.807, 2.05) is 0 Å². The highest BCUT2D eigenvalue weighted by molar-refractivity contribution is 6.09. The molecule has 1 saturated heterocycles. The number of rotatable bonds is 6. The van der Waals surface area contributed by atoms with Crippen molar-refractivity contribution in [1.29, 1.82) is 0 Å². The average molecular weight is 474 g/mol. The Balaban J connectivity index is 1.16. The maximum Gasteiger partial charge on any atom is 0.167 e. The number of para-hydroxylation sites is 1. The summed E-state index contributed by atoms with van der Waals surface area (Å²) in [5.41, 5.74) is 10.4. The van der Waals surface area contributed by atoms with Gasteiger partial charge in [-0.05, 0) is 24.6 Å². The van der Waals surface area contributed by atoms with Crippen molar-refractivity contribution in [3.8, 4) is 0 Å². The number of ether oxygens (including phenoxy) is 1. The summed E-state index contributed by atoms with van der Waals surface area (Å²) in [7, 11) is 0. The van der Waals surface area contributed by atoms with Crippen molar-refractivity contribution in [1.82, 2.24) is 29.4 Å². The zero-order valence-electron chi connectivity index (χ0n) is 19.2. The highest BCUT2D eigenvalue weighted by Gasteiger charge is 2.44. The summed E-state index contributed by atoms with van der Waals surface area (Å²) in [6.45, 7) is 3.95. The fourth-order valence-electron chi connectivity index (χ4n) is 5.14. The van der Waals surface area contributed by atoms with Crippen LogP contribution in [0.2, 0.25) is 0 Å². The smallest absolute Gasteiger partial charge is 0.167 e. The predicted octanol–water partition coefficient (Wildman–Crippen LogP) is 1.73. The van der Waals surface area contributed by atoms with Gasteiger partial charge in [-0.1, -0.05) is 30.3 Å². The van der Waals surface area contributed by atoms with Crippen molar-refractivity contribution >= 4 is 38.8 Å². The maximum atomic E-state index is 10.7. The lowest BCUT2D eigenvalue weighted by Gasteiger charge is -2.16. The molecule has 0 bridgehead atoms. The van der Waals surface area contributed by atoms with Crippen LogP contribution in [-0.2, 0) is 11.3 Å². The van der Waals surface area contributed by atoms with Crippen LogP contribution in [0.1, 0.15) is 11.8 Å². The number of aliphatic hydroxyl groups is 2. The second-order valence-electron chi connectivity index (χ2n) is 8.97. The number of aryl methyl sites for hydroxylation is 1. The molecule has 1 fully saturated rings. The van der Waals surface area contributed by atoms with E-state index in [4.69, 9.17) is 10.5 Å². The van der Waals surface area contributed by atoms with Gasteiger partial charge in [0.15, 0.2) is 17.7 Å². The minimum atomic E-state index is -1.13. The molecular formula is C25H27N7O3. The summed E-state index contributed by atoms with van der Waals surface area (Å²) in [5, 5.41) is 27.2. The van der Waals surface area contributed by atoms with Gasteiger partial charge in [-0.15, -0.1) is 0 Å². The van der Waals surface area contributed by atoms with Crippen LogP contribution in [0, 0.1) is 6.92 Å². The van der Waals surface area contributed by atoms with Crippen LogP contribution in [0.3, 0.4) is 0 Å². The number of aromatic nitrogens is 5. The molecule has 0 saturated carbocycles. The number of nitrogens with zero attached hydrogens (tertiary/aromatic N) is 5. The van der Waals surface area contributed by atoms with Gasteiger partial charge in [0.2, 0.25) is 0 Å². The molecule has 6 rings (SSSR count). The Morgan fingerprint density at radius 2 is 1.86 bits per heavy atom.